The van der Waals surface area contributed by atoms with E-state index >= 15 is 0 Å². The minimum Gasteiger partial charge on any atom is -0.496 e. The van der Waals surface area contributed by atoms with Gasteiger partial charge in [-0.3, -0.25) is 4.79 Å². The van der Waals surface area contributed by atoms with Gasteiger partial charge in [-0.05, 0) is 62.6 Å². The smallest absolute Gasteiger partial charge is 0.419 e. The Labute approximate surface area is 157 Å². The highest BCUT2D eigenvalue weighted by Gasteiger charge is 2.44. The maximum Gasteiger partial charge on any atom is 0.419 e. The molecule has 2 fully saturated rings. The first-order chi connectivity index (χ1) is 12.6. The number of amides is 1. The van der Waals surface area contributed by atoms with Crippen molar-refractivity contribution in [2.75, 3.05) is 20.2 Å². The van der Waals surface area contributed by atoms with Crippen molar-refractivity contribution in [2.24, 2.45) is 11.8 Å². The van der Waals surface area contributed by atoms with Crippen LogP contribution in [-0.4, -0.2) is 41.7 Å². The highest BCUT2D eigenvalue weighted by molar-refractivity contribution is 5.80. The molecule has 1 amide bonds. The summed E-state index contributed by atoms with van der Waals surface area (Å²) in [5.41, 5.74) is -0.648. The van der Waals surface area contributed by atoms with Crippen molar-refractivity contribution in [3.63, 3.8) is 0 Å². The Morgan fingerprint density at radius 1 is 1.30 bits per heavy atom. The molecule has 3 rings (SSSR count). The van der Waals surface area contributed by atoms with Crippen LogP contribution in [0.3, 0.4) is 0 Å². The predicted octanol–water partition coefficient (Wildman–Crippen LogP) is 3.66. The lowest BCUT2D eigenvalue weighted by Gasteiger charge is -2.43. The molecule has 1 saturated heterocycles. The summed E-state index contributed by atoms with van der Waals surface area (Å²) in [5.74, 6) is 0.233. The molecule has 0 bridgehead atoms. The molecule has 1 aliphatic heterocycles. The van der Waals surface area contributed by atoms with E-state index < -0.39 is 17.3 Å². The monoisotopic (exact) mass is 385 g/mol. The van der Waals surface area contributed by atoms with Crippen LogP contribution >= 0.6 is 0 Å². The van der Waals surface area contributed by atoms with E-state index in [0.717, 1.165) is 24.5 Å². The molecule has 2 aliphatic rings. The fraction of sp³-hybridized carbons (Fsp3) is 0.650. The number of piperidine rings is 1. The van der Waals surface area contributed by atoms with Gasteiger partial charge in [-0.15, -0.1) is 0 Å². The van der Waals surface area contributed by atoms with Crippen molar-refractivity contribution >= 4 is 5.91 Å². The Morgan fingerprint density at radius 3 is 2.44 bits per heavy atom. The molecule has 0 unspecified atom stereocenters. The van der Waals surface area contributed by atoms with Crippen molar-refractivity contribution in [2.45, 2.75) is 50.8 Å². The van der Waals surface area contributed by atoms with Gasteiger partial charge in [-0.1, -0.05) is 6.07 Å². The van der Waals surface area contributed by atoms with E-state index in [1.54, 1.807) is 6.92 Å². The Morgan fingerprint density at radius 2 is 1.93 bits per heavy atom. The number of aliphatic hydroxyl groups is 1. The lowest BCUT2D eigenvalue weighted by molar-refractivity contribution is -0.151. The summed E-state index contributed by atoms with van der Waals surface area (Å²) in [6, 6.07) is 4.06. The molecule has 1 aromatic rings. The zero-order valence-electron chi connectivity index (χ0n) is 15.7. The van der Waals surface area contributed by atoms with Crippen LogP contribution in [0.25, 0.3) is 0 Å². The second-order valence-electron chi connectivity index (χ2n) is 8.11. The standard InChI is InChI=1S/C20H26F3NO3/c1-19(26)11-15(12-19)18(25)24-7-5-13(6-8-24)9-14-3-4-16(20(21,22)23)17(10-14)27-2/h3-4,10,13,15,26H,5-9,11-12H2,1-2H3/t15-,19+. The normalized spacial score (nSPS) is 26.6. The first kappa shape index (κ1) is 20.0. The quantitative estimate of drug-likeness (QED) is 0.861. The molecule has 1 heterocycles. The van der Waals surface area contributed by atoms with E-state index in [2.05, 4.69) is 0 Å². The Balaban J connectivity index is 1.54. The van der Waals surface area contributed by atoms with Crippen molar-refractivity contribution in [1.29, 1.82) is 0 Å². The molecule has 150 valence electrons. The number of alkyl halides is 3. The van der Waals surface area contributed by atoms with E-state index in [1.807, 2.05) is 4.90 Å². The third-order valence-corrected chi connectivity index (χ3v) is 5.74. The van der Waals surface area contributed by atoms with Crippen molar-refractivity contribution in [1.82, 2.24) is 4.90 Å². The second-order valence-corrected chi connectivity index (χ2v) is 8.11. The van der Waals surface area contributed by atoms with Crippen LogP contribution in [0.2, 0.25) is 0 Å². The van der Waals surface area contributed by atoms with Crippen molar-refractivity contribution in [3.05, 3.63) is 29.3 Å². The number of nitrogens with zero attached hydrogens (tertiary/aromatic N) is 1. The summed E-state index contributed by atoms with van der Waals surface area (Å²) in [6.45, 7) is 3.08. The van der Waals surface area contributed by atoms with E-state index in [9.17, 15) is 23.1 Å². The number of halogens is 3. The summed E-state index contributed by atoms with van der Waals surface area (Å²) in [4.78, 5) is 14.3. The average molecular weight is 385 g/mol. The number of ether oxygens (including phenoxy) is 1. The van der Waals surface area contributed by atoms with Crippen LogP contribution in [0.1, 0.15) is 43.7 Å². The molecular formula is C20H26F3NO3. The fourth-order valence-electron chi connectivity index (χ4n) is 4.22. The van der Waals surface area contributed by atoms with E-state index in [0.29, 0.717) is 38.3 Å². The van der Waals surface area contributed by atoms with Gasteiger partial charge in [0.1, 0.15) is 5.75 Å². The SMILES string of the molecule is COc1cc(CC2CCN(C(=O)[C@H]3C[C@@](C)(O)C3)CC2)ccc1C(F)(F)F. The van der Waals surface area contributed by atoms with Crippen LogP contribution in [0.5, 0.6) is 5.75 Å². The van der Waals surface area contributed by atoms with Crippen LogP contribution in [0.4, 0.5) is 13.2 Å². The van der Waals surface area contributed by atoms with Crippen LogP contribution in [0, 0.1) is 11.8 Å². The van der Waals surface area contributed by atoms with E-state index in [-0.39, 0.29) is 17.6 Å². The number of likely N-dealkylation sites (tertiary alicyclic amines) is 1. The molecule has 7 heteroatoms. The number of carbonyl (C=O) groups excluding carboxylic acids is 1. The molecule has 1 aliphatic carbocycles. The van der Waals surface area contributed by atoms with Crippen LogP contribution in [0.15, 0.2) is 18.2 Å². The summed E-state index contributed by atoms with van der Waals surface area (Å²) in [7, 11) is 1.25. The summed E-state index contributed by atoms with van der Waals surface area (Å²) < 4.78 is 43.8. The maximum absolute atomic E-state index is 13.0. The highest BCUT2D eigenvalue weighted by atomic mass is 19.4. The number of hydrogen-bond acceptors (Lipinski definition) is 3. The Bertz CT molecular complexity index is 686. The second kappa shape index (κ2) is 7.34. The summed E-state index contributed by atoms with van der Waals surface area (Å²) >= 11 is 0. The molecular weight excluding hydrogens is 359 g/mol. The zero-order valence-corrected chi connectivity index (χ0v) is 15.7. The molecule has 1 aromatic carbocycles. The minimum absolute atomic E-state index is 0.0734. The minimum atomic E-state index is -4.43. The lowest BCUT2D eigenvalue weighted by atomic mass is 9.71. The largest absolute Gasteiger partial charge is 0.496 e. The first-order valence-corrected chi connectivity index (χ1v) is 9.34. The first-order valence-electron chi connectivity index (χ1n) is 9.34. The molecule has 0 radical (unpaired) electrons. The van der Waals surface area contributed by atoms with Gasteiger partial charge >= 0.3 is 6.18 Å². The van der Waals surface area contributed by atoms with Gasteiger partial charge in [0.25, 0.3) is 0 Å². The highest BCUT2D eigenvalue weighted by Crippen LogP contribution is 2.39. The molecule has 1 N–H and O–H groups in total. The van der Waals surface area contributed by atoms with Crippen LogP contribution < -0.4 is 4.74 Å². The van der Waals surface area contributed by atoms with Gasteiger partial charge in [0.15, 0.2) is 0 Å². The average Bonchev–Trinajstić information content (AvgIpc) is 2.58. The molecule has 0 spiro atoms. The molecule has 4 nitrogen and oxygen atoms in total. The van der Waals surface area contributed by atoms with E-state index in [4.69, 9.17) is 4.74 Å². The maximum atomic E-state index is 13.0. The summed E-state index contributed by atoms with van der Waals surface area (Å²) in [6.07, 6.45) is -1.04. The van der Waals surface area contributed by atoms with E-state index in [1.165, 1.54) is 19.2 Å². The van der Waals surface area contributed by atoms with Gasteiger partial charge in [-0.2, -0.15) is 13.2 Å². The predicted molar refractivity (Wildman–Crippen MR) is 94.4 cm³/mol. The van der Waals surface area contributed by atoms with Crippen molar-refractivity contribution < 1.29 is 27.8 Å². The number of rotatable bonds is 4. The van der Waals surface area contributed by atoms with Gasteiger partial charge in [0.05, 0.1) is 18.3 Å². The van der Waals surface area contributed by atoms with Crippen molar-refractivity contribution in [3.8, 4) is 5.75 Å². The fourth-order valence-corrected chi connectivity index (χ4v) is 4.22. The van der Waals surface area contributed by atoms with Gasteiger partial charge < -0.3 is 14.7 Å². The van der Waals surface area contributed by atoms with Gasteiger partial charge in [0, 0.05) is 19.0 Å². The molecule has 0 atom stereocenters. The zero-order chi connectivity index (χ0) is 19.8. The lowest BCUT2D eigenvalue weighted by Crippen LogP contribution is -2.51. The van der Waals surface area contributed by atoms with Crippen LogP contribution in [-0.2, 0) is 17.4 Å². The number of hydrogen-bond donors (Lipinski definition) is 1. The Hall–Kier alpha value is -1.76. The third-order valence-electron chi connectivity index (χ3n) is 5.74. The third kappa shape index (κ3) is 4.57. The number of carbonyl (C=O) groups is 1. The molecule has 1 saturated carbocycles. The molecule has 0 aromatic heterocycles. The van der Waals surface area contributed by atoms with Gasteiger partial charge in [-0.25, -0.2) is 0 Å². The summed E-state index contributed by atoms with van der Waals surface area (Å²) in [5, 5.41) is 9.80. The van der Waals surface area contributed by atoms with Gasteiger partial charge in [0.2, 0.25) is 5.91 Å². The number of benzene rings is 1. The molecule has 27 heavy (non-hydrogen) atoms. The number of methoxy groups -OCH3 is 1. The Kier molecular flexibility index (Phi) is 5.43. The topological polar surface area (TPSA) is 49.8 Å².